The zero-order valence-corrected chi connectivity index (χ0v) is 8.59. The molecule has 5 heteroatoms. The van der Waals surface area contributed by atoms with Crippen LogP contribution in [0.1, 0.15) is 18.1 Å². The number of nitrogens with zero attached hydrogens (tertiary/aromatic N) is 1. The van der Waals surface area contributed by atoms with Gasteiger partial charge in [0.25, 0.3) is 5.92 Å². The van der Waals surface area contributed by atoms with Gasteiger partial charge in [0.2, 0.25) is 6.79 Å². The average molecular weight is 225 g/mol. The Bertz CT molecular complexity index is 460. The molecule has 0 fully saturated rings. The molecule has 0 unspecified atom stereocenters. The monoisotopic (exact) mass is 225 g/mol. The summed E-state index contributed by atoms with van der Waals surface area (Å²) >= 11 is 0. The van der Waals surface area contributed by atoms with Crippen molar-refractivity contribution >= 4 is 0 Å². The Morgan fingerprint density at radius 3 is 2.56 bits per heavy atom. The number of hydrogen-bond acceptors (Lipinski definition) is 3. The number of rotatable bonds is 2. The van der Waals surface area contributed by atoms with Gasteiger partial charge < -0.3 is 9.47 Å². The summed E-state index contributed by atoms with van der Waals surface area (Å²) in [6, 6.07) is 4.55. The molecule has 3 nitrogen and oxygen atoms in total. The van der Waals surface area contributed by atoms with E-state index in [1.807, 2.05) is 6.07 Å². The molecule has 0 atom stereocenters. The maximum atomic E-state index is 13.3. The summed E-state index contributed by atoms with van der Waals surface area (Å²) in [6.07, 6.45) is -0.0740. The van der Waals surface area contributed by atoms with Crippen molar-refractivity contribution in [2.45, 2.75) is 19.3 Å². The molecule has 1 heterocycles. The second-order valence-electron chi connectivity index (χ2n) is 3.59. The molecule has 0 saturated heterocycles. The second-order valence-corrected chi connectivity index (χ2v) is 3.59. The summed E-state index contributed by atoms with van der Waals surface area (Å²) < 4.78 is 36.7. The van der Waals surface area contributed by atoms with Gasteiger partial charge in [-0.25, -0.2) is 8.78 Å². The summed E-state index contributed by atoms with van der Waals surface area (Å²) in [6.45, 7) is 0.825. The molecule has 84 valence electrons. The van der Waals surface area contributed by atoms with E-state index in [4.69, 9.17) is 14.7 Å². The third kappa shape index (κ3) is 1.78. The van der Waals surface area contributed by atoms with E-state index >= 15 is 0 Å². The van der Waals surface area contributed by atoms with Gasteiger partial charge in [-0.3, -0.25) is 0 Å². The highest BCUT2D eigenvalue weighted by atomic mass is 19.3. The molecule has 0 radical (unpaired) electrons. The van der Waals surface area contributed by atoms with E-state index in [-0.39, 0.29) is 24.3 Å². The molecule has 0 saturated carbocycles. The Morgan fingerprint density at radius 1 is 1.38 bits per heavy atom. The summed E-state index contributed by atoms with van der Waals surface area (Å²) in [5, 5.41) is 8.59. The fourth-order valence-electron chi connectivity index (χ4n) is 1.62. The zero-order chi connectivity index (χ0) is 11.8. The molecule has 1 aromatic rings. The largest absolute Gasteiger partial charge is 0.454 e. The molecule has 0 amide bonds. The predicted octanol–water partition coefficient (Wildman–Crippen LogP) is 2.59. The van der Waals surface area contributed by atoms with Gasteiger partial charge in [-0.15, -0.1) is 0 Å². The van der Waals surface area contributed by atoms with Gasteiger partial charge in [-0.2, -0.15) is 5.26 Å². The fraction of sp³-hybridized carbons (Fsp3) is 0.364. The van der Waals surface area contributed by atoms with E-state index in [2.05, 4.69) is 0 Å². The van der Waals surface area contributed by atoms with E-state index in [0.29, 0.717) is 11.5 Å². The number of alkyl halides is 2. The molecule has 0 spiro atoms. The van der Waals surface area contributed by atoms with Crippen molar-refractivity contribution in [3.8, 4) is 17.6 Å². The molecular formula is C11H9F2NO2. The number of nitriles is 1. The van der Waals surface area contributed by atoms with E-state index < -0.39 is 5.92 Å². The van der Waals surface area contributed by atoms with Crippen LogP contribution in [0.4, 0.5) is 8.78 Å². The minimum atomic E-state index is -2.99. The lowest BCUT2D eigenvalue weighted by Gasteiger charge is -2.15. The van der Waals surface area contributed by atoms with Crippen molar-refractivity contribution in [1.29, 1.82) is 5.26 Å². The molecule has 0 N–H and O–H groups in total. The van der Waals surface area contributed by atoms with Gasteiger partial charge in [0.1, 0.15) is 0 Å². The molecule has 1 aliphatic rings. The van der Waals surface area contributed by atoms with E-state index in [0.717, 1.165) is 6.92 Å². The Kier molecular flexibility index (Phi) is 2.43. The molecule has 1 aromatic carbocycles. The third-order valence-electron chi connectivity index (χ3n) is 2.34. The Labute approximate surface area is 91.2 Å². The number of halogens is 2. The van der Waals surface area contributed by atoms with Crippen LogP contribution in [0.3, 0.4) is 0 Å². The molecule has 0 aliphatic carbocycles. The van der Waals surface area contributed by atoms with Gasteiger partial charge in [0.15, 0.2) is 11.5 Å². The van der Waals surface area contributed by atoms with Crippen LogP contribution in [0.15, 0.2) is 12.1 Å². The molecule has 0 bridgehead atoms. The second kappa shape index (κ2) is 3.63. The van der Waals surface area contributed by atoms with Crippen LogP contribution in [0, 0.1) is 11.3 Å². The van der Waals surface area contributed by atoms with Crippen molar-refractivity contribution in [1.82, 2.24) is 0 Å². The first kappa shape index (κ1) is 10.7. The average Bonchev–Trinajstić information content (AvgIpc) is 2.62. The minimum absolute atomic E-state index is 0.0278. The predicted molar refractivity (Wildman–Crippen MR) is 51.5 cm³/mol. The van der Waals surface area contributed by atoms with Crippen LogP contribution in [0.5, 0.6) is 11.5 Å². The summed E-state index contributed by atoms with van der Waals surface area (Å²) in [7, 11) is 0. The van der Waals surface area contributed by atoms with E-state index in [1.54, 1.807) is 0 Å². The first-order chi connectivity index (χ1) is 7.52. The highest BCUT2D eigenvalue weighted by molar-refractivity contribution is 5.50. The van der Waals surface area contributed by atoms with Gasteiger partial charge in [-0.1, -0.05) is 0 Å². The summed E-state index contributed by atoms with van der Waals surface area (Å²) in [5.74, 6) is -2.27. The topological polar surface area (TPSA) is 42.2 Å². The molecular weight excluding hydrogens is 216 g/mol. The zero-order valence-electron chi connectivity index (χ0n) is 8.59. The van der Waals surface area contributed by atoms with Crippen LogP contribution in [-0.2, 0) is 12.3 Å². The normalized spacial score (nSPS) is 13.6. The highest BCUT2D eigenvalue weighted by Gasteiger charge is 2.30. The van der Waals surface area contributed by atoms with Crippen LogP contribution in [-0.4, -0.2) is 6.79 Å². The number of fused-ring (bicyclic) bond motifs is 1. The number of ether oxygens (including phenoxy) is 2. The molecule has 1 aliphatic heterocycles. The smallest absolute Gasteiger partial charge is 0.270 e. The lowest BCUT2D eigenvalue weighted by Crippen LogP contribution is -2.10. The summed E-state index contributed by atoms with van der Waals surface area (Å²) in [4.78, 5) is 0. The third-order valence-corrected chi connectivity index (χ3v) is 2.34. The van der Waals surface area contributed by atoms with Gasteiger partial charge in [-0.05, 0) is 17.7 Å². The molecule has 0 aromatic heterocycles. The van der Waals surface area contributed by atoms with Crippen molar-refractivity contribution in [3.05, 3.63) is 23.3 Å². The maximum absolute atomic E-state index is 13.3. The van der Waals surface area contributed by atoms with E-state index in [1.165, 1.54) is 12.1 Å². The van der Waals surface area contributed by atoms with Gasteiger partial charge >= 0.3 is 0 Å². The SMILES string of the molecule is CC(F)(F)c1cc2c(cc1CC#N)OCO2. The lowest BCUT2D eigenvalue weighted by atomic mass is 9.99. The first-order valence-electron chi connectivity index (χ1n) is 4.70. The van der Waals surface area contributed by atoms with Gasteiger partial charge in [0.05, 0.1) is 12.5 Å². The van der Waals surface area contributed by atoms with E-state index in [9.17, 15) is 8.78 Å². The lowest BCUT2D eigenvalue weighted by molar-refractivity contribution is 0.0165. The van der Waals surface area contributed by atoms with Crippen molar-refractivity contribution in [2.24, 2.45) is 0 Å². The quantitative estimate of drug-likeness (QED) is 0.776. The van der Waals surface area contributed by atoms with Crippen LogP contribution < -0.4 is 9.47 Å². The van der Waals surface area contributed by atoms with Crippen LogP contribution in [0.25, 0.3) is 0 Å². The first-order valence-corrected chi connectivity index (χ1v) is 4.70. The van der Waals surface area contributed by atoms with Crippen molar-refractivity contribution < 1.29 is 18.3 Å². The molecule has 2 rings (SSSR count). The van der Waals surface area contributed by atoms with Crippen LogP contribution in [0.2, 0.25) is 0 Å². The van der Waals surface area contributed by atoms with Crippen molar-refractivity contribution in [2.75, 3.05) is 6.79 Å². The standard InChI is InChI=1S/C11H9F2NO2/c1-11(12,13)8-5-10-9(15-6-16-10)4-7(8)2-3-14/h4-5H,2,6H2,1H3. The Morgan fingerprint density at radius 2 is 2.00 bits per heavy atom. The maximum Gasteiger partial charge on any atom is 0.270 e. The summed E-state index contributed by atoms with van der Waals surface area (Å²) in [5.41, 5.74) is 0.0950. The minimum Gasteiger partial charge on any atom is -0.454 e. The Hall–Kier alpha value is -1.83. The molecule has 16 heavy (non-hydrogen) atoms. The number of hydrogen-bond donors (Lipinski definition) is 0. The van der Waals surface area contributed by atoms with Crippen molar-refractivity contribution in [3.63, 3.8) is 0 Å². The Balaban J connectivity index is 2.54. The number of benzene rings is 1. The van der Waals surface area contributed by atoms with Crippen LogP contribution >= 0.6 is 0 Å². The fourth-order valence-corrected chi connectivity index (χ4v) is 1.62. The van der Waals surface area contributed by atoms with Gasteiger partial charge in [0, 0.05) is 12.5 Å². The highest BCUT2D eigenvalue weighted by Crippen LogP contribution is 2.40.